The predicted octanol–water partition coefficient (Wildman–Crippen LogP) is 0.215. The molecule has 1 fully saturated rings. The molecule has 0 aromatic heterocycles. The molecule has 1 aliphatic heterocycles. The first-order chi connectivity index (χ1) is 9.95. The summed E-state index contributed by atoms with van der Waals surface area (Å²) in [7, 11) is 1.24. The van der Waals surface area contributed by atoms with Gasteiger partial charge in [-0.15, -0.1) is 0 Å². The Morgan fingerprint density at radius 1 is 1.33 bits per heavy atom. The topological polar surface area (TPSA) is 105 Å². The van der Waals surface area contributed by atoms with Gasteiger partial charge < -0.3 is 24.8 Å². The second-order valence-electron chi connectivity index (χ2n) is 4.93. The normalized spacial score (nSPS) is 16.9. The van der Waals surface area contributed by atoms with Crippen molar-refractivity contribution in [1.29, 1.82) is 0 Å². The molecule has 0 radical (unpaired) electrons. The Kier molecular flexibility index (Phi) is 6.41. The van der Waals surface area contributed by atoms with Crippen molar-refractivity contribution in [3.05, 3.63) is 0 Å². The van der Waals surface area contributed by atoms with Crippen molar-refractivity contribution in [3.8, 4) is 0 Å². The van der Waals surface area contributed by atoms with Crippen LogP contribution in [0.5, 0.6) is 0 Å². The van der Waals surface area contributed by atoms with Crippen LogP contribution in [0, 0.1) is 0 Å². The molecule has 1 heterocycles. The largest absolute Gasteiger partial charge is 0.480 e. The highest BCUT2D eigenvalue weighted by atomic mass is 16.5. The van der Waals surface area contributed by atoms with Crippen molar-refractivity contribution >= 4 is 18.0 Å². The van der Waals surface area contributed by atoms with E-state index in [0.717, 1.165) is 0 Å². The molecule has 2 amide bonds. The average molecular weight is 302 g/mol. The van der Waals surface area contributed by atoms with Crippen LogP contribution in [0.2, 0.25) is 0 Å². The van der Waals surface area contributed by atoms with E-state index in [1.807, 2.05) is 6.92 Å². The lowest BCUT2D eigenvalue weighted by atomic mass is 9.90. The summed E-state index contributed by atoms with van der Waals surface area (Å²) in [6, 6.07) is -0.577. The minimum absolute atomic E-state index is 0.201. The molecule has 21 heavy (non-hydrogen) atoms. The van der Waals surface area contributed by atoms with Crippen molar-refractivity contribution in [1.82, 2.24) is 10.2 Å². The summed E-state index contributed by atoms with van der Waals surface area (Å²) >= 11 is 0. The van der Waals surface area contributed by atoms with E-state index in [0.29, 0.717) is 13.0 Å². The number of nitrogens with zero attached hydrogens (tertiary/aromatic N) is 1. The predicted molar refractivity (Wildman–Crippen MR) is 72.8 cm³/mol. The van der Waals surface area contributed by atoms with Crippen LogP contribution in [0.4, 0.5) is 4.79 Å². The molecule has 0 aliphatic carbocycles. The van der Waals surface area contributed by atoms with Gasteiger partial charge in [0.15, 0.2) is 0 Å². The zero-order valence-corrected chi connectivity index (χ0v) is 12.4. The number of urea groups is 1. The van der Waals surface area contributed by atoms with E-state index in [1.54, 1.807) is 0 Å². The third-order valence-corrected chi connectivity index (χ3v) is 3.43. The average Bonchev–Trinajstić information content (AvgIpc) is 2.47. The van der Waals surface area contributed by atoms with E-state index in [2.05, 4.69) is 10.1 Å². The van der Waals surface area contributed by atoms with Gasteiger partial charge >= 0.3 is 18.0 Å². The molecule has 0 aromatic rings. The molecule has 8 nitrogen and oxygen atoms in total. The second-order valence-corrected chi connectivity index (χ2v) is 4.93. The van der Waals surface area contributed by atoms with Crippen LogP contribution in [0.3, 0.4) is 0 Å². The van der Waals surface area contributed by atoms with Gasteiger partial charge in [0.25, 0.3) is 0 Å². The van der Waals surface area contributed by atoms with Crippen molar-refractivity contribution in [2.24, 2.45) is 0 Å². The Morgan fingerprint density at radius 2 is 1.95 bits per heavy atom. The maximum atomic E-state index is 12.3. The summed E-state index contributed by atoms with van der Waals surface area (Å²) in [5, 5.41) is 11.9. The van der Waals surface area contributed by atoms with Crippen molar-refractivity contribution < 1.29 is 29.0 Å². The van der Waals surface area contributed by atoms with Gasteiger partial charge in [-0.3, -0.25) is 4.79 Å². The van der Waals surface area contributed by atoms with Crippen molar-refractivity contribution in [2.75, 3.05) is 33.4 Å². The van der Waals surface area contributed by atoms with Crippen molar-refractivity contribution in [3.63, 3.8) is 0 Å². The number of ether oxygens (including phenoxy) is 2. The monoisotopic (exact) mass is 302 g/mol. The standard InChI is InChI=1S/C13H22N2O6/c1-3-6-15(9-10(16)20-2)12(19)14-13(11(17)18)4-7-21-8-5-13/h3-9H2,1-2H3,(H,14,19)(H,17,18). The third-order valence-electron chi connectivity index (χ3n) is 3.43. The Morgan fingerprint density at radius 3 is 2.43 bits per heavy atom. The lowest BCUT2D eigenvalue weighted by Gasteiger charge is -2.35. The number of carboxylic acids is 1. The summed E-state index contributed by atoms with van der Waals surface area (Å²) < 4.78 is 9.69. The fourth-order valence-electron chi connectivity index (χ4n) is 2.14. The van der Waals surface area contributed by atoms with E-state index >= 15 is 0 Å². The van der Waals surface area contributed by atoms with Gasteiger partial charge in [-0.25, -0.2) is 9.59 Å². The molecule has 1 saturated heterocycles. The van der Waals surface area contributed by atoms with E-state index in [9.17, 15) is 19.5 Å². The van der Waals surface area contributed by atoms with Crippen LogP contribution in [-0.2, 0) is 19.1 Å². The van der Waals surface area contributed by atoms with E-state index < -0.39 is 23.5 Å². The van der Waals surface area contributed by atoms with Crippen LogP contribution in [0.25, 0.3) is 0 Å². The summed E-state index contributed by atoms with van der Waals surface area (Å²) in [5.41, 5.74) is -1.34. The fraction of sp³-hybridized carbons (Fsp3) is 0.769. The van der Waals surface area contributed by atoms with Crippen LogP contribution in [0.15, 0.2) is 0 Å². The van der Waals surface area contributed by atoms with Gasteiger partial charge in [-0.1, -0.05) is 6.92 Å². The lowest BCUT2D eigenvalue weighted by Crippen LogP contribution is -2.60. The molecule has 0 bridgehead atoms. The number of nitrogens with one attached hydrogen (secondary N) is 1. The molecular weight excluding hydrogens is 280 g/mol. The van der Waals surface area contributed by atoms with E-state index in [4.69, 9.17) is 4.74 Å². The third kappa shape index (κ3) is 4.59. The quantitative estimate of drug-likeness (QED) is 0.680. The summed E-state index contributed by atoms with van der Waals surface area (Å²) in [5.74, 6) is -1.64. The Bertz CT molecular complexity index is 392. The number of carboxylic acid groups (broad SMARTS) is 1. The second kappa shape index (κ2) is 7.82. The number of carbonyl (C=O) groups is 3. The highest BCUT2D eigenvalue weighted by Gasteiger charge is 2.42. The molecule has 0 unspecified atom stereocenters. The van der Waals surface area contributed by atoms with Gasteiger partial charge in [-0.05, 0) is 6.42 Å². The van der Waals surface area contributed by atoms with Crippen LogP contribution < -0.4 is 5.32 Å². The molecule has 0 aromatic carbocycles. The van der Waals surface area contributed by atoms with Gasteiger partial charge in [0.2, 0.25) is 0 Å². The summed E-state index contributed by atoms with van der Waals surface area (Å²) in [6.45, 7) is 2.54. The SMILES string of the molecule is CCCN(CC(=O)OC)C(=O)NC1(C(=O)O)CCOCC1. The molecule has 0 saturated carbocycles. The molecule has 0 atom stereocenters. The zero-order valence-electron chi connectivity index (χ0n) is 12.4. The number of methoxy groups -OCH3 is 1. The maximum Gasteiger partial charge on any atom is 0.329 e. The van der Waals surface area contributed by atoms with Gasteiger partial charge in [0, 0.05) is 32.6 Å². The number of hydrogen-bond donors (Lipinski definition) is 2. The zero-order chi connectivity index (χ0) is 15.9. The Balaban J connectivity index is 2.77. The summed E-state index contributed by atoms with van der Waals surface area (Å²) in [4.78, 5) is 36.3. The van der Waals surface area contributed by atoms with Crippen molar-refractivity contribution in [2.45, 2.75) is 31.7 Å². The van der Waals surface area contributed by atoms with Crippen LogP contribution in [-0.4, -0.2) is 66.9 Å². The van der Waals surface area contributed by atoms with Gasteiger partial charge in [0.1, 0.15) is 12.1 Å². The number of rotatable bonds is 6. The summed E-state index contributed by atoms with van der Waals surface area (Å²) in [6.07, 6.45) is 1.05. The minimum atomic E-state index is -1.34. The number of aliphatic carboxylic acids is 1. The molecular formula is C13H22N2O6. The lowest BCUT2D eigenvalue weighted by molar-refractivity contribution is -0.148. The fourth-order valence-corrected chi connectivity index (χ4v) is 2.14. The number of hydrogen-bond acceptors (Lipinski definition) is 5. The molecule has 1 rings (SSSR count). The highest BCUT2D eigenvalue weighted by molar-refractivity contribution is 5.88. The minimum Gasteiger partial charge on any atom is -0.480 e. The molecule has 1 aliphatic rings. The highest BCUT2D eigenvalue weighted by Crippen LogP contribution is 2.21. The molecule has 2 N–H and O–H groups in total. The number of esters is 1. The molecule has 0 spiro atoms. The first kappa shape index (κ1) is 17.2. The molecule has 8 heteroatoms. The maximum absolute atomic E-state index is 12.3. The first-order valence-electron chi connectivity index (χ1n) is 6.90. The number of carbonyl (C=O) groups excluding carboxylic acids is 2. The first-order valence-corrected chi connectivity index (χ1v) is 6.90. The number of amides is 2. The Labute approximate surface area is 123 Å². The van der Waals surface area contributed by atoms with Gasteiger partial charge in [-0.2, -0.15) is 0 Å². The molecule has 120 valence electrons. The van der Waals surface area contributed by atoms with Crippen LogP contribution in [0.1, 0.15) is 26.2 Å². The van der Waals surface area contributed by atoms with E-state index in [-0.39, 0.29) is 32.6 Å². The van der Waals surface area contributed by atoms with Gasteiger partial charge in [0.05, 0.1) is 7.11 Å². The van der Waals surface area contributed by atoms with Crippen LogP contribution >= 0.6 is 0 Å². The smallest absolute Gasteiger partial charge is 0.329 e. The Hall–Kier alpha value is -1.83. The van der Waals surface area contributed by atoms with E-state index in [1.165, 1.54) is 12.0 Å².